The third-order valence-corrected chi connectivity index (χ3v) is 3.35. The van der Waals surface area contributed by atoms with Crippen molar-refractivity contribution in [2.24, 2.45) is 0 Å². The van der Waals surface area contributed by atoms with Crippen LogP contribution < -0.4 is 0 Å². The molecule has 1 fully saturated rings. The maximum atomic E-state index is 5.09. The summed E-state index contributed by atoms with van der Waals surface area (Å²) >= 11 is 0. The normalized spacial score (nSPS) is 22.6. The van der Waals surface area contributed by atoms with Gasteiger partial charge in [0.25, 0.3) is 0 Å². The fourth-order valence-electron chi connectivity index (χ4n) is 2.21. The van der Waals surface area contributed by atoms with Crippen LogP contribution in [0.1, 0.15) is 26.2 Å². The van der Waals surface area contributed by atoms with E-state index in [4.69, 9.17) is 4.74 Å². The van der Waals surface area contributed by atoms with Gasteiger partial charge in [0.15, 0.2) is 0 Å². The second-order valence-corrected chi connectivity index (χ2v) is 4.68. The summed E-state index contributed by atoms with van der Waals surface area (Å²) in [5.74, 6) is 0. The molecule has 0 N–H and O–H groups in total. The molecule has 0 saturated carbocycles. The predicted molar refractivity (Wildman–Crippen MR) is 64.3 cm³/mol. The quantitative estimate of drug-likeness (QED) is 0.644. The van der Waals surface area contributed by atoms with Gasteiger partial charge in [-0.3, -0.25) is 4.90 Å². The maximum Gasteiger partial charge on any atom is 0.0462 e. The highest BCUT2D eigenvalue weighted by molar-refractivity contribution is 4.72. The van der Waals surface area contributed by atoms with E-state index in [0.717, 1.165) is 6.61 Å². The van der Waals surface area contributed by atoms with Gasteiger partial charge in [0.2, 0.25) is 0 Å². The molecule has 3 nitrogen and oxygen atoms in total. The first kappa shape index (κ1) is 12.9. The average molecular weight is 214 g/mol. The highest BCUT2D eigenvalue weighted by Crippen LogP contribution is 2.10. The molecule has 1 atom stereocenters. The van der Waals surface area contributed by atoms with Crippen molar-refractivity contribution < 1.29 is 4.74 Å². The Balaban J connectivity index is 2.22. The standard InChI is InChI=1S/C12H26N2O/c1-12(6-4-11-15-3)14-8-5-7-13(2)9-10-14/h12H,4-11H2,1-3H3. The van der Waals surface area contributed by atoms with Gasteiger partial charge in [-0.05, 0) is 46.3 Å². The van der Waals surface area contributed by atoms with Gasteiger partial charge in [-0.1, -0.05) is 0 Å². The van der Waals surface area contributed by atoms with Crippen molar-refractivity contribution in [3.05, 3.63) is 0 Å². The van der Waals surface area contributed by atoms with Crippen molar-refractivity contribution in [3.63, 3.8) is 0 Å². The molecule has 0 aliphatic carbocycles. The fourth-order valence-corrected chi connectivity index (χ4v) is 2.21. The highest BCUT2D eigenvalue weighted by Gasteiger charge is 2.16. The number of ether oxygens (including phenoxy) is 1. The molecule has 1 saturated heterocycles. The van der Waals surface area contributed by atoms with Crippen molar-refractivity contribution in [2.75, 3.05) is 46.9 Å². The molecule has 1 unspecified atom stereocenters. The Hall–Kier alpha value is -0.120. The molecule has 0 amide bonds. The first-order valence-corrected chi connectivity index (χ1v) is 6.15. The van der Waals surface area contributed by atoms with Crippen LogP contribution in [0.5, 0.6) is 0 Å². The van der Waals surface area contributed by atoms with E-state index in [-0.39, 0.29) is 0 Å². The Kier molecular flexibility index (Phi) is 6.22. The van der Waals surface area contributed by atoms with E-state index in [2.05, 4.69) is 23.8 Å². The van der Waals surface area contributed by atoms with E-state index in [1.54, 1.807) is 7.11 Å². The Bertz CT molecular complexity index is 164. The Morgan fingerprint density at radius 3 is 2.73 bits per heavy atom. The lowest BCUT2D eigenvalue weighted by atomic mass is 10.1. The second-order valence-electron chi connectivity index (χ2n) is 4.68. The van der Waals surface area contributed by atoms with E-state index in [9.17, 15) is 0 Å². The first-order valence-electron chi connectivity index (χ1n) is 6.15. The monoisotopic (exact) mass is 214 g/mol. The van der Waals surface area contributed by atoms with E-state index >= 15 is 0 Å². The fraction of sp³-hybridized carbons (Fsp3) is 1.00. The van der Waals surface area contributed by atoms with Gasteiger partial charge in [0, 0.05) is 32.8 Å². The average Bonchev–Trinajstić information content (AvgIpc) is 2.43. The zero-order chi connectivity index (χ0) is 11.1. The molecule has 90 valence electrons. The molecule has 1 aliphatic heterocycles. The summed E-state index contributed by atoms with van der Waals surface area (Å²) in [7, 11) is 4.00. The summed E-state index contributed by atoms with van der Waals surface area (Å²) in [5, 5.41) is 0. The molecule has 0 bridgehead atoms. The van der Waals surface area contributed by atoms with Crippen molar-refractivity contribution in [2.45, 2.75) is 32.2 Å². The van der Waals surface area contributed by atoms with Crippen LogP contribution in [0.15, 0.2) is 0 Å². The van der Waals surface area contributed by atoms with Crippen LogP contribution in [-0.2, 0) is 4.74 Å². The summed E-state index contributed by atoms with van der Waals surface area (Å²) in [5.41, 5.74) is 0. The lowest BCUT2D eigenvalue weighted by molar-refractivity contribution is 0.163. The van der Waals surface area contributed by atoms with Crippen LogP contribution in [0.25, 0.3) is 0 Å². The van der Waals surface area contributed by atoms with Crippen molar-refractivity contribution in [1.29, 1.82) is 0 Å². The minimum atomic E-state index is 0.714. The SMILES string of the molecule is COCCCC(C)N1CCCN(C)CC1. The van der Waals surface area contributed by atoms with Crippen molar-refractivity contribution in [1.82, 2.24) is 9.80 Å². The number of rotatable bonds is 5. The largest absolute Gasteiger partial charge is 0.385 e. The minimum Gasteiger partial charge on any atom is -0.385 e. The third-order valence-electron chi connectivity index (χ3n) is 3.35. The zero-order valence-corrected chi connectivity index (χ0v) is 10.5. The lowest BCUT2D eigenvalue weighted by Crippen LogP contribution is -2.36. The second kappa shape index (κ2) is 7.20. The molecule has 1 heterocycles. The minimum absolute atomic E-state index is 0.714. The summed E-state index contributed by atoms with van der Waals surface area (Å²) < 4.78 is 5.09. The molecule has 0 spiro atoms. The van der Waals surface area contributed by atoms with Crippen molar-refractivity contribution >= 4 is 0 Å². The molecular weight excluding hydrogens is 188 g/mol. The van der Waals surface area contributed by atoms with Gasteiger partial charge in [-0.15, -0.1) is 0 Å². The highest BCUT2D eigenvalue weighted by atomic mass is 16.5. The summed E-state index contributed by atoms with van der Waals surface area (Å²) in [6, 6.07) is 0.714. The molecule has 1 rings (SSSR count). The number of hydrogen-bond donors (Lipinski definition) is 0. The van der Waals surface area contributed by atoms with Crippen LogP contribution in [0.4, 0.5) is 0 Å². The van der Waals surface area contributed by atoms with E-state index in [0.29, 0.717) is 6.04 Å². The Morgan fingerprint density at radius 2 is 2.00 bits per heavy atom. The summed E-state index contributed by atoms with van der Waals surface area (Å²) in [6.45, 7) is 8.21. The number of likely N-dealkylation sites (N-methyl/N-ethyl adjacent to an activating group) is 1. The molecule has 0 aromatic heterocycles. The van der Waals surface area contributed by atoms with Gasteiger partial charge in [0.1, 0.15) is 0 Å². The molecular formula is C12H26N2O. The molecule has 0 aromatic carbocycles. The Morgan fingerprint density at radius 1 is 1.20 bits per heavy atom. The van der Waals surface area contributed by atoms with Gasteiger partial charge in [-0.2, -0.15) is 0 Å². The first-order chi connectivity index (χ1) is 7.24. The van der Waals surface area contributed by atoms with E-state index in [1.807, 2.05) is 0 Å². The van der Waals surface area contributed by atoms with Crippen LogP contribution in [0.2, 0.25) is 0 Å². The molecule has 1 aliphatic rings. The van der Waals surface area contributed by atoms with Gasteiger partial charge in [0.05, 0.1) is 0 Å². The van der Waals surface area contributed by atoms with E-state index < -0.39 is 0 Å². The van der Waals surface area contributed by atoms with Gasteiger partial charge >= 0.3 is 0 Å². The van der Waals surface area contributed by atoms with Gasteiger partial charge in [-0.25, -0.2) is 0 Å². The predicted octanol–water partition coefficient (Wildman–Crippen LogP) is 1.44. The topological polar surface area (TPSA) is 15.7 Å². The molecule has 0 radical (unpaired) electrons. The number of nitrogens with zero attached hydrogens (tertiary/aromatic N) is 2. The van der Waals surface area contributed by atoms with Crippen LogP contribution >= 0.6 is 0 Å². The van der Waals surface area contributed by atoms with Crippen molar-refractivity contribution in [3.8, 4) is 0 Å². The molecule has 3 heteroatoms. The number of methoxy groups -OCH3 is 1. The Labute approximate surface area is 94.4 Å². The smallest absolute Gasteiger partial charge is 0.0462 e. The molecule has 0 aromatic rings. The number of hydrogen-bond acceptors (Lipinski definition) is 3. The van der Waals surface area contributed by atoms with Crippen LogP contribution in [-0.4, -0.2) is 62.8 Å². The van der Waals surface area contributed by atoms with Crippen LogP contribution in [0, 0.1) is 0 Å². The summed E-state index contributed by atoms with van der Waals surface area (Å²) in [4.78, 5) is 5.06. The van der Waals surface area contributed by atoms with Gasteiger partial charge < -0.3 is 9.64 Å². The lowest BCUT2D eigenvalue weighted by Gasteiger charge is -2.27. The third kappa shape index (κ3) is 4.96. The maximum absolute atomic E-state index is 5.09. The molecule has 15 heavy (non-hydrogen) atoms. The summed E-state index contributed by atoms with van der Waals surface area (Å²) in [6.07, 6.45) is 3.76. The van der Waals surface area contributed by atoms with Crippen LogP contribution in [0.3, 0.4) is 0 Å². The zero-order valence-electron chi connectivity index (χ0n) is 10.5. The van der Waals surface area contributed by atoms with E-state index in [1.165, 1.54) is 45.4 Å².